The van der Waals surface area contributed by atoms with Crippen molar-refractivity contribution in [1.82, 2.24) is 5.32 Å². The van der Waals surface area contributed by atoms with Crippen molar-refractivity contribution in [2.45, 2.75) is 50.7 Å². The Hall–Kier alpha value is 0.310. The summed E-state index contributed by atoms with van der Waals surface area (Å²) in [5.41, 5.74) is 0. The average Bonchev–Trinajstić information content (AvgIpc) is 2.19. The molecule has 1 heterocycles. The van der Waals surface area contributed by atoms with E-state index in [-0.39, 0.29) is 0 Å². The van der Waals surface area contributed by atoms with Gasteiger partial charge in [-0.3, -0.25) is 0 Å². The monoisotopic (exact) mass is 201 g/mol. The van der Waals surface area contributed by atoms with E-state index in [1.165, 1.54) is 57.4 Å². The van der Waals surface area contributed by atoms with Crippen LogP contribution in [0.2, 0.25) is 0 Å². The summed E-state index contributed by atoms with van der Waals surface area (Å²) in [6.07, 6.45) is 8.43. The summed E-state index contributed by atoms with van der Waals surface area (Å²) in [6, 6.07) is 0. The molecule has 0 aromatic heterocycles. The van der Waals surface area contributed by atoms with E-state index < -0.39 is 0 Å². The first-order valence-corrected chi connectivity index (χ1v) is 6.80. The Morgan fingerprint density at radius 3 is 2.62 bits per heavy atom. The molecule has 1 N–H and O–H groups in total. The largest absolute Gasteiger partial charge is 0.317 e. The summed E-state index contributed by atoms with van der Waals surface area (Å²) >= 11 is 2.21. The minimum atomic E-state index is 0.961. The predicted octanol–water partition coefficient (Wildman–Crippen LogP) is 3.05. The van der Waals surface area contributed by atoms with Crippen LogP contribution in [0, 0.1) is 0 Å². The zero-order chi connectivity index (χ0) is 9.36. The molecule has 13 heavy (non-hydrogen) atoms. The molecule has 1 nitrogen and oxygen atoms in total. The first-order valence-electron chi connectivity index (χ1n) is 5.76. The van der Waals surface area contributed by atoms with E-state index in [1.807, 2.05) is 0 Å². The van der Waals surface area contributed by atoms with Crippen LogP contribution in [0.3, 0.4) is 0 Å². The van der Waals surface area contributed by atoms with E-state index in [0.717, 1.165) is 5.25 Å². The van der Waals surface area contributed by atoms with Crippen molar-refractivity contribution < 1.29 is 0 Å². The third kappa shape index (κ3) is 5.58. The first-order chi connectivity index (χ1) is 6.43. The van der Waals surface area contributed by atoms with E-state index in [9.17, 15) is 0 Å². The molecule has 0 aromatic carbocycles. The van der Waals surface area contributed by atoms with Gasteiger partial charge in [0.25, 0.3) is 0 Å². The Morgan fingerprint density at radius 2 is 1.92 bits per heavy atom. The third-order valence-electron chi connectivity index (χ3n) is 2.64. The Bertz CT molecular complexity index is 111. The Balaban J connectivity index is 1.86. The number of rotatable bonds is 6. The number of nitrogens with one attached hydrogen (secondary N) is 1. The molecule has 0 atom stereocenters. The molecule has 0 saturated carbocycles. The second-order valence-electron chi connectivity index (χ2n) is 3.88. The normalized spacial score (nSPS) is 19.2. The topological polar surface area (TPSA) is 12.0 Å². The van der Waals surface area contributed by atoms with Crippen LogP contribution < -0.4 is 5.32 Å². The lowest BCUT2D eigenvalue weighted by molar-refractivity contribution is 0.531. The zero-order valence-corrected chi connectivity index (χ0v) is 9.67. The van der Waals surface area contributed by atoms with Crippen LogP contribution in [-0.4, -0.2) is 24.1 Å². The summed E-state index contributed by atoms with van der Waals surface area (Å²) < 4.78 is 0. The molecular formula is C11H23NS. The van der Waals surface area contributed by atoms with E-state index in [4.69, 9.17) is 0 Å². The van der Waals surface area contributed by atoms with Crippen LogP contribution in [0.4, 0.5) is 0 Å². The molecule has 1 fully saturated rings. The minimum Gasteiger partial charge on any atom is -0.317 e. The molecule has 0 bridgehead atoms. The van der Waals surface area contributed by atoms with Crippen LogP contribution in [0.15, 0.2) is 0 Å². The molecule has 0 radical (unpaired) electrons. The molecule has 0 aliphatic carbocycles. The summed E-state index contributed by atoms with van der Waals surface area (Å²) in [6.45, 7) is 4.76. The van der Waals surface area contributed by atoms with Crippen molar-refractivity contribution in [3.05, 3.63) is 0 Å². The number of thioether (sulfide) groups is 1. The van der Waals surface area contributed by atoms with Crippen molar-refractivity contribution in [2.75, 3.05) is 18.8 Å². The van der Waals surface area contributed by atoms with Crippen molar-refractivity contribution in [1.29, 1.82) is 0 Å². The molecule has 0 aromatic rings. The number of hydrogen-bond donors (Lipinski definition) is 1. The second-order valence-corrected chi connectivity index (χ2v) is 5.29. The number of unbranched alkanes of at least 4 members (excludes halogenated alkanes) is 3. The molecule has 1 saturated heterocycles. The molecule has 78 valence electrons. The van der Waals surface area contributed by atoms with Gasteiger partial charge in [-0.05, 0) is 38.1 Å². The van der Waals surface area contributed by atoms with Gasteiger partial charge in [0.15, 0.2) is 0 Å². The summed E-state index contributed by atoms with van der Waals surface area (Å²) in [5, 5.41) is 4.37. The number of piperidine rings is 1. The van der Waals surface area contributed by atoms with Crippen molar-refractivity contribution in [2.24, 2.45) is 0 Å². The fraction of sp³-hybridized carbons (Fsp3) is 1.00. The van der Waals surface area contributed by atoms with E-state index in [2.05, 4.69) is 24.0 Å². The summed E-state index contributed by atoms with van der Waals surface area (Å²) in [5.74, 6) is 1.39. The minimum absolute atomic E-state index is 0.961. The highest BCUT2D eigenvalue weighted by Gasteiger charge is 2.12. The van der Waals surface area contributed by atoms with Crippen LogP contribution in [0.25, 0.3) is 0 Å². The molecule has 1 aliphatic rings. The van der Waals surface area contributed by atoms with Crippen LogP contribution in [0.5, 0.6) is 0 Å². The van der Waals surface area contributed by atoms with Gasteiger partial charge < -0.3 is 5.32 Å². The van der Waals surface area contributed by atoms with E-state index in [0.29, 0.717) is 0 Å². The number of hydrogen-bond acceptors (Lipinski definition) is 2. The highest BCUT2D eigenvalue weighted by Crippen LogP contribution is 2.21. The van der Waals surface area contributed by atoms with Gasteiger partial charge in [-0.2, -0.15) is 11.8 Å². The maximum atomic E-state index is 3.41. The Morgan fingerprint density at radius 1 is 1.15 bits per heavy atom. The Kier molecular flexibility index (Phi) is 6.73. The fourth-order valence-electron chi connectivity index (χ4n) is 1.74. The van der Waals surface area contributed by atoms with Gasteiger partial charge >= 0.3 is 0 Å². The van der Waals surface area contributed by atoms with E-state index >= 15 is 0 Å². The van der Waals surface area contributed by atoms with Crippen molar-refractivity contribution >= 4 is 11.8 Å². The molecule has 2 heteroatoms. The molecule has 0 unspecified atom stereocenters. The molecule has 1 aliphatic heterocycles. The molecular weight excluding hydrogens is 178 g/mol. The maximum absolute atomic E-state index is 3.41. The van der Waals surface area contributed by atoms with Gasteiger partial charge in [0.2, 0.25) is 0 Å². The highest BCUT2D eigenvalue weighted by atomic mass is 32.2. The lowest BCUT2D eigenvalue weighted by Crippen LogP contribution is -2.29. The zero-order valence-electron chi connectivity index (χ0n) is 8.85. The molecule has 0 amide bonds. The maximum Gasteiger partial charge on any atom is 0.00711 e. The first kappa shape index (κ1) is 11.4. The van der Waals surface area contributed by atoms with E-state index in [1.54, 1.807) is 0 Å². The summed E-state index contributed by atoms with van der Waals surface area (Å²) in [7, 11) is 0. The quantitative estimate of drug-likeness (QED) is 0.663. The van der Waals surface area contributed by atoms with Crippen LogP contribution >= 0.6 is 11.8 Å². The molecule has 0 spiro atoms. The second kappa shape index (κ2) is 7.69. The predicted molar refractivity (Wildman–Crippen MR) is 62.5 cm³/mol. The van der Waals surface area contributed by atoms with Gasteiger partial charge in [-0.15, -0.1) is 0 Å². The fourth-order valence-corrected chi connectivity index (χ4v) is 3.01. The van der Waals surface area contributed by atoms with Crippen molar-refractivity contribution in [3.63, 3.8) is 0 Å². The standard InChI is InChI=1S/C11H23NS/c1-2-3-4-5-10-13-11-6-8-12-9-7-11/h11-12H,2-10H2,1H3. The third-order valence-corrected chi connectivity index (χ3v) is 4.10. The SMILES string of the molecule is CCCCCCSC1CCNCC1. The Labute approximate surface area is 87.1 Å². The van der Waals surface area contributed by atoms with Gasteiger partial charge in [-0.1, -0.05) is 26.2 Å². The summed E-state index contributed by atoms with van der Waals surface area (Å²) in [4.78, 5) is 0. The van der Waals surface area contributed by atoms with Crippen LogP contribution in [-0.2, 0) is 0 Å². The smallest absolute Gasteiger partial charge is 0.00711 e. The van der Waals surface area contributed by atoms with Gasteiger partial charge in [-0.25, -0.2) is 0 Å². The molecule has 1 rings (SSSR count). The van der Waals surface area contributed by atoms with Gasteiger partial charge in [0, 0.05) is 5.25 Å². The van der Waals surface area contributed by atoms with Crippen LogP contribution in [0.1, 0.15) is 45.4 Å². The highest BCUT2D eigenvalue weighted by molar-refractivity contribution is 7.99. The van der Waals surface area contributed by atoms with Crippen molar-refractivity contribution in [3.8, 4) is 0 Å². The average molecular weight is 201 g/mol. The van der Waals surface area contributed by atoms with Gasteiger partial charge in [0.05, 0.1) is 0 Å². The lowest BCUT2D eigenvalue weighted by atomic mass is 10.2. The lowest BCUT2D eigenvalue weighted by Gasteiger charge is -2.21. The van der Waals surface area contributed by atoms with Gasteiger partial charge in [0.1, 0.15) is 0 Å².